The van der Waals surface area contributed by atoms with Crippen molar-refractivity contribution in [3.63, 3.8) is 0 Å². The number of rotatable bonds is 12. The minimum absolute atomic E-state index is 0. The zero-order valence-electron chi connectivity index (χ0n) is 17.0. The molecule has 0 bridgehead atoms. The molecule has 3 heteroatoms. The Labute approximate surface area is 164 Å². The molecule has 0 aliphatic rings. The van der Waals surface area contributed by atoms with Crippen LogP contribution in [0.15, 0.2) is 36.9 Å². The third-order valence-electron chi connectivity index (χ3n) is 3.99. The fraction of sp³-hybridized carbons (Fsp3) is 0.636. The fourth-order valence-corrected chi connectivity index (χ4v) is 2.50. The van der Waals surface area contributed by atoms with Gasteiger partial charge in [0.1, 0.15) is 0 Å². The van der Waals surface area contributed by atoms with Crippen molar-refractivity contribution >= 4 is 18.5 Å². The van der Waals surface area contributed by atoms with Crippen LogP contribution in [0.5, 0.6) is 0 Å². The number of hydrogen-bond acceptors (Lipinski definition) is 2. The average Bonchev–Trinajstić information content (AvgIpc) is 2.57. The van der Waals surface area contributed by atoms with E-state index in [4.69, 9.17) is 0 Å². The lowest BCUT2D eigenvalue weighted by Crippen LogP contribution is -2.12. The smallest absolute Gasteiger partial charge is 0.00248 e. The number of nitrogens with zero attached hydrogens (tertiary/aromatic N) is 1. The van der Waals surface area contributed by atoms with Crippen molar-refractivity contribution in [2.45, 2.75) is 71.1 Å². The Morgan fingerprint density at radius 3 is 1.60 bits per heavy atom. The van der Waals surface area contributed by atoms with Gasteiger partial charge < -0.3 is 11.1 Å². The first kappa shape index (κ1) is 29.0. The molecule has 148 valence electrons. The number of halogens is 1. The molecule has 0 aliphatic heterocycles. The summed E-state index contributed by atoms with van der Waals surface area (Å²) >= 11 is 0. The Balaban J connectivity index is -0.000000412. The quantitative estimate of drug-likeness (QED) is 0.389. The summed E-state index contributed by atoms with van der Waals surface area (Å²) in [6.07, 6.45) is 16.2. The van der Waals surface area contributed by atoms with Gasteiger partial charge in [-0.1, -0.05) is 108 Å². The van der Waals surface area contributed by atoms with E-state index < -0.39 is 0 Å². The highest BCUT2D eigenvalue weighted by atomic mass is 35.5. The predicted molar refractivity (Wildman–Crippen MR) is 119 cm³/mol. The first-order valence-electron chi connectivity index (χ1n) is 9.53. The van der Waals surface area contributed by atoms with Gasteiger partial charge in [-0.2, -0.15) is 0 Å². The molecule has 1 aromatic rings. The van der Waals surface area contributed by atoms with Crippen LogP contribution in [0.3, 0.4) is 0 Å². The van der Waals surface area contributed by atoms with Gasteiger partial charge in [0.2, 0.25) is 0 Å². The molecule has 0 atom stereocenters. The molecule has 25 heavy (non-hydrogen) atoms. The highest BCUT2D eigenvalue weighted by molar-refractivity contribution is 5.85. The summed E-state index contributed by atoms with van der Waals surface area (Å²) in [5.74, 6) is 0. The van der Waals surface area contributed by atoms with Crippen molar-refractivity contribution in [2.24, 2.45) is 0 Å². The van der Waals surface area contributed by atoms with Gasteiger partial charge in [0, 0.05) is 0 Å². The maximum atomic E-state index is 3.63. The van der Waals surface area contributed by atoms with Gasteiger partial charge in [-0.3, -0.25) is 0 Å². The van der Waals surface area contributed by atoms with Crippen LogP contribution in [0, 0.1) is 0 Å². The highest BCUT2D eigenvalue weighted by Crippen LogP contribution is 2.10. The molecule has 2 nitrogen and oxygen atoms in total. The van der Waals surface area contributed by atoms with Gasteiger partial charge in [-0.15, -0.1) is 12.4 Å². The second kappa shape index (κ2) is 23.2. The third-order valence-corrected chi connectivity index (χ3v) is 3.99. The summed E-state index contributed by atoms with van der Waals surface area (Å²) in [4.78, 5) is 2.28. The fourth-order valence-electron chi connectivity index (χ4n) is 2.50. The van der Waals surface area contributed by atoms with Crippen LogP contribution in [0.2, 0.25) is 0 Å². The summed E-state index contributed by atoms with van der Waals surface area (Å²) in [6.45, 7) is 7.17. The van der Waals surface area contributed by atoms with Gasteiger partial charge in [0.05, 0.1) is 0 Å². The van der Waals surface area contributed by atoms with E-state index in [1.165, 1.54) is 76.3 Å². The average molecular weight is 371 g/mol. The van der Waals surface area contributed by atoms with Crippen LogP contribution in [-0.4, -0.2) is 25.5 Å². The molecule has 0 radical (unpaired) electrons. The van der Waals surface area contributed by atoms with Crippen molar-refractivity contribution < 1.29 is 0 Å². The molecule has 0 heterocycles. The van der Waals surface area contributed by atoms with Gasteiger partial charge >= 0.3 is 0 Å². The highest BCUT2D eigenvalue weighted by Gasteiger charge is 1.93. The molecular weight excluding hydrogens is 328 g/mol. The Morgan fingerprint density at radius 2 is 1.24 bits per heavy atom. The van der Waals surface area contributed by atoms with Gasteiger partial charge in [0.15, 0.2) is 0 Å². The lowest BCUT2D eigenvalue weighted by atomic mass is 10.1. The number of hydrogen-bond donors (Lipinski definition) is 1. The molecule has 0 saturated heterocycles. The molecule has 0 amide bonds. The van der Waals surface area contributed by atoms with E-state index in [1.54, 1.807) is 0 Å². The Hall–Kier alpha value is -0.830. The van der Waals surface area contributed by atoms with E-state index in [1.807, 2.05) is 36.4 Å². The van der Waals surface area contributed by atoms with Gasteiger partial charge in [0.25, 0.3) is 0 Å². The minimum Gasteiger partial charge on any atom is -0.344 e. The monoisotopic (exact) mass is 370 g/mol. The first-order valence-corrected chi connectivity index (χ1v) is 9.53. The van der Waals surface area contributed by atoms with Crippen LogP contribution >= 0.6 is 12.4 Å². The molecule has 0 aliphatic carbocycles. The molecule has 1 aromatic carbocycles. The van der Waals surface area contributed by atoms with Crippen molar-refractivity contribution in [2.75, 3.05) is 20.6 Å². The zero-order valence-corrected chi connectivity index (χ0v) is 17.8. The lowest BCUT2D eigenvalue weighted by Gasteiger charge is -2.08. The van der Waals surface area contributed by atoms with E-state index in [2.05, 4.69) is 32.5 Å². The van der Waals surface area contributed by atoms with E-state index in [-0.39, 0.29) is 18.6 Å². The van der Waals surface area contributed by atoms with Gasteiger partial charge in [-0.05, 0) is 32.6 Å². The van der Waals surface area contributed by atoms with Crippen LogP contribution in [-0.2, 0) is 0 Å². The van der Waals surface area contributed by atoms with Crippen molar-refractivity contribution in [1.29, 1.82) is 0 Å². The van der Waals surface area contributed by atoms with Gasteiger partial charge in [-0.25, -0.2) is 0 Å². The number of benzene rings is 1. The molecule has 0 spiro atoms. The molecule has 0 aromatic heterocycles. The molecule has 0 unspecified atom stereocenters. The van der Waals surface area contributed by atoms with Crippen molar-refractivity contribution in [3.8, 4) is 0 Å². The normalized spacial score (nSPS) is 9.44. The lowest BCUT2D eigenvalue weighted by molar-refractivity contribution is 0.389. The van der Waals surface area contributed by atoms with Crippen LogP contribution < -0.4 is 6.15 Å². The molecular formula is C22H43ClN2. The van der Waals surface area contributed by atoms with E-state index in [9.17, 15) is 0 Å². The molecule has 0 fully saturated rings. The van der Waals surface area contributed by atoms with E-state index in [0.29, 0.717) is 0 Å². The largest absolute Gasteiger partial charge is 0.344 e. The number of unbranched alkanes of at least 4 members (excludes halogenated alkanes) is 9. The Morgan fingerprint density at radius 1 is 0.800 bits per heavy atom. The maximum Gasteiger partial charge on any atom is -0.00248 e. The topological polar surface area (TPSA) is 38.2 Å². The van der Waals surface area contributed by atoms with Crippen LogP contribution in [0.4, 0.5) is 0 Å². The van der Waals surface area contributed by atoms with E-state index >= 15 is 0 Å². The summed E-state index contributed by atoms with van der Waals surface area (Å²) in [6, 6.07) is 10.0. The minimum atomic E-state index is 0. The molecule has 0 saturated carbocycles. The summed E-state index contributed by atoms with van der Waals surface area (Å²) < 4.78 is 0. The van der Waals surface area contributed by atoms with E-state index in [0.717, 1.165) is 0 Å². The SMILES string of the molecule is C=Cc1ccccc1.CCCCCCCCCCCCN(C)C.Cl.N. The van der Waals surface area contributed by atoms with Crippen molar-refractivity contribution in [3.05, 3.63) is 42.5 Å². The maximum absolute atomic E-state index is 3.63. The molecule has 3 N–H and O–H groups in total. The summed E-state index contributed by atoms with van der Waals surface area (Å²) in [5.41, 5.74) is 1.17. The first-order chi connectivity index (χ1) is 11.2. The third kappa shape index (κ3) is 23.2. The summed E-state index contributed by atoms with van der Waals surface area (Å²) in [7, 11) is 4.32. The Bertz CT molecular complexity index is 352. The molecule has 1 rings (SSSR count). The summed E-state index contributed by atoms with van der Waals surface area (Å²) in [5, 5.41) is 0. The second-order valence-electron chi connectivity index (χ2n) is 6.60. The van der Waals surface area contributed by atoms with Crippen LogP contribution in [0.1, 0.15) is 76.7 Å². The van der Waals surface area contributed by atoms with Crippen LogP contribution in [0.25, 0.3) is 6.08 Å². The predicted octanol–water partition coefficient (Wildman–Crippen LogP) is 7.38. The zero-order chi connectivity index (χ0) is 17.2. The second-order valence-corrected chi connectivity index (χ2v) is 6.60. The van der Waals surface area contributed by atoms with Crippen molar-refractivity contribution in [1.82, 2.24) is 11.1 Å². The Kier molecular flexibility index (Phi) is 26.8. The standard InChI is InChI=1S/C14H31N.C8H8.ClH.H3N/c1-4-5-6-7-8-9-10-11-12-13-14-15(2)3;1-2-8-6-4-3-5-7-8;;/h4-14H2,1-3H3;2-7H,1H2;1H;1H3.